The van der Waals surface area contributed by atoms with Crippen molar-refractivity contribution in [1.82, 2.24) is 15.1 Å². The van der Waals surface area contributed by atoms with Gasteiger partial charge in [0.15, 0.2) is 0 Å². The van der Waals surface area contributed by atoms with Crippen LogP contribution in [-0.2, 0) is 11.3 Å². The van der Waals surface area contributed by atoms with Crippen molar-refractivity contribution in [1.29, 1.82) is 0 Å². The normalized spacial score (nSPS) is 13.0. The summed E-state index contributed by atoms with van der Waals surface area (Å²) in [5.74, 6) is 0. The maximum Gasteiger partial charge on any atom is 0.0683 e. The molecule has 0 aliphatic carbocycles. The first-order valence-corrected chi connectivity index (χ1v) is 6.48. The van der Waals surface area contributed by atoms with Crippen molar-refractivity contribution in [3.05, 3.63) is 30.5 Å². The second-order valence-electron chi connectivity index (χ2n) is 4.49. The van der Waals surface area contributed by atoms with Crippen molar-refractivity contribution in [2.45, 2.75) is 25.9 Å². The Bertz CT molecular complexity index is 481. The number of rotatable bonds is 7. The summed E-state index contributed by atoms with van der Waals surface area (Å²) in [7, 11) is 1.74. The van der Waals surface area contributed by atoms with Crippen LogP contribution in [0, 0.1) is 0 Å². The average molecular weight is 247 g/mol. The van der Waals surface area contributed by atoms with Crippen LogP contribution < -0.4 is 5.32 Å². The van der Waals surface area contributed by atoms with E-state index in [0.717, 1.165) is 19.5 Å². The quantitative estimate of drug-likeness (QED) is 0.814. The van der Waals surface area contributed by atoms with E-state index in [4.69, 9.17) is 4.74 Å². The topological polar surface area (TPSA) is 39.1 Å². The van der Waals surface area contributed by atoms with Gasteiger partial charge in [-0.3, -0.25) is 4.68 Å². The molecule has 0 saturated carbocycles. The minimum absolute atomic E-state index is 0.304. The SMILES string of the molecule is CCCNC(COC)Cn1ncc2ccccc21. The molecular weight excluding hydrogens is 226 g/mol. The number of aromatic nitrogens is 2. The molecule has 0 amide bonds. The summed E-state index contributed by atoms with van der Waals surface area (Å²) in [6, 6.07) is 8.58. The summed E-state index contributed by atoms with van der Waals surface area (Å²) in [5, 5.41) is 9.12. The number of nitrogens with zero attached hydrogens (tertiary/aromatic N) is 2. The predicted molar refractivity (Wildman–Crippen MR) is 73.7 cm³/mol. The minimum Gasteiger partial charge on any atom is -0.383 e. The number of nitrogens with one attached hydrogen (secondary N) is 1. The van der Waals surface area contributed by atoms with Crippen LogP contribution in [0.4, 0.5) is 0 Å². The van der Waals surface area contributed by atoms with Crippen LogP contribution in [0.1, 0.15) is 13.3 Å². The standard InChI is InChI=1S/C14H21N3O/c1-3-8-15-13(11-18-2)10-17-14-7-5-4-6-12(14)9-16-17/h4-7,9,13,15H,3,8,10-11H2,1-2H3. The first kappa shape index (κ1) is 13.1. The molecule has 1 atom stereocenters. The van der Waals surface area contributed by atoms with Gasteiger partial charge in [0.1, 0.15) is 0 Å². The fourth-order valence-corrected chi connectivity index (χ4v) is 2.11. The van der Waals surface area contributed by atoms with Crippen LogP contribution in [-0.4, -0.2) is 36.1 Å². The monoisotopic (exact) mass is 247 g/mol. The fourth-order valence-electron chi connectivity index (χ4n) is 2.11. The lowest BCUT2D eigenvalue weighted by Gasteiger charge is -2.18. The van der Waals surface area contributed by atoms with E-state index in [9.17, 15) is 0 Å². The van der Waals surface area contributed by atoms with E-state index in [-0.39, 0.29) is 0 Å². The summed E-state index contributed by atoms with van der Waals surface area (Å²) in [6.45, 7) is 4.71. The zero-order chi connectivity index (χ0) is 12.8. The van der Waals surface area contributed by atoms with Crippen molar-refractivity contribution in [3.8, 4) is 0 Å². The Morgan fingerprint density at radius 1 is 1.39 bits per heavy atom. The van der Waals surface area contributed by atoms with Crippen LogP contribution in [0.2, 0.25) is 0 Å². The van der Waals surface area contributed by atoms with E-state index in [1.807, 2.05) is 23.0 Å². The molecule has 1 heterocycles. The van der Waals surface area contributed by atoms with Gasteiger partial charge < -0.3 is 10.1 Å². The molecule has 0 spiro atoms. The first-order chi connectivity index (χ1) is 8.85. The molecule has 0 saturated heterocycles. The van der Waals surface area contributed by atoms with Gasteiger partial charge in [0.2, 0.25) is 0 Å². The number of methoxy groups -OCH3 is 1. The van der Waals surface area contributed by atoms with E-state index >= 15 is 0 Å². The Kier molecular flexibility index (Phi) is 4.73. The lowest BCUT2D eigenvalue weighted by atomic mass is 10.2. The van der Waals surface area contributed by atoms with Crippen molar-refractivity contribution < 1.29 is 4.74 Å². The van der Waals surface area contributed by atoms with Crippen molar-refractivity contribution >= 4 is 10.9 Å². The number of para-hydroxylation sites is 1. The highest BCUT2D eigenvalue weighted by Crippen LogP contribution is 2.12. The van der Waals surface area contributed by atoms with E-state index in [1.54, 1.807) is 7.11 Å². The molecule has 4 nitrogen and oxygen atoms in total. The zero-order valence-corrected chi connectivity index (χ0v) is 11.1. The smallest absolute Gasteiger partial charge is 0.0683 e. The third kappa shape index (κ3) is 3.09. The van der Waals surface area contributed by atoms with Gasteiger partial charge in [-0.25, -0.2) is 0 Å². The Morgan fingerprint density at radius 2 is 2.22 bits per heavy atom. The Balaban J connectivity index is 2.10. The number of hydrogen-bond acceptors (Lipinski definition) is 3. The molecule has 0 aliphatic rings. The van der Waals surface area contributed by atoms with Gasteiger partial charge in [0.05, 0.1) is 30.9 Å². The van der Waals surface area contributed by atoms with Gasteiger partial charge in [-0.1, -0.05) is 25.1 Å². The van der Waals surface area contributed by atoms with Gasteiger partial charge in [-0.2, -0.15) is 5.10 Å². The third-order valence-electron chi connectivity index (χ3n) is 3.00. The van der Waals surface area contributed by atoms with Crippen LogP contribution >= 0.6 is 0 Å². The van der Waals surface area contributed by atoms with Gasteiger partial charge >= 0.3 is 0 Å². The predicted octanol–water partition coefficient (Wildman–Crippen LogP) is 2.05. The molecule has 0 radical (unpaired) electrons. The molecule has 1 aromatic heterocycles. The highest BCUT2D eigenvalue weighted by molar-refractivity contribution is 5.78. The first-order valence-electron chi connectivity index (χ1n) is 6.48. The molecular formula is C14H21N3O. The molecule has 2 rings (SSSR count). The molecule has 18 heavy (non-hydrogen) atoms. The second-order valence-corrected chi connectivity index (χ2v) is 4.49. The molecule has 98 valence electrons. The summed E-state index contributed by atoms with van der Waals surface area (Å²) < 4.78 is 7.30. The average Bonchev–Trinajstić information content (AvgIpc) is 2.80. The van der Waals surface area contributed by atoms with Crippen molar-refractivity contribution in [2.24, 2.45) is 0 Å². The molecule has 1 N–H and O–H groups in total. The minimum atomic E-state index is 0.304. The summed E-state index contributed by atoms with van der Waals surface area (Å²) >= 11 is 0. The van der Waals surface area contributed by atoms with Crippen LogP contribution in [0.3, 0.4) is 0 Å². The van der Waals surface area contributed by atoms with Gasteiger partial charge in [0.25, 0.3) is 0 Å². The second kappa shape index (κ2) is 6.52. The number of benzene rings is 1. The fraction of sp³-hybridized carbons (Fsp3) is 0.500. The Morgan fingerprint density at radius 3 is 3.00 bits per heavy atom. The summed E-state index contributed by atoms with van der Waals surface area (Å²) in [4.78, 5) is 0. The molecule has 0 bridgehead atoms. The Hall–Kier alpha value is -1.39. The number of ether oxygens (including phenoxy) is 1. The maximum absolute atomic E-state index is 5.26. The van der Waals surface area contributed by atoms with Gasteiger partial charge in [-0.05, 0) is 19.0 Å². The van der Waals surface area contributed by atoms with E-state index in [1.165, 1.54) is 10.9 Å². The van der Waals surface area contributed by atoms with Gasteiger partial charge in [-0.15, -0.1) is 0 Å². The number of hydrogen-bond donors (Lipinski definition) is 1. The zero-order valence-electron chi connectivity index (χ0n) is 11.1. The molecule has 0 aliphatic heterocycles. The molecule has 2 aromatic rings. The molecule has 1 aromatic carbocycles. The lowest BCUT2D eigenvalue weighted by Crippen LogP contribution is -2.37. The van der Waals surface area contributed by atoms with Crippen molar-refractivity contribution in [3.63, 3.8) is 0 Å². The van der Waals surface area contributed by atoms with E-state index < -0.39 is 0 Å². The van der Waals surface area contributed by atoms with E-state index in [2.05, 4.69) is 29.5 Å². The molecule has 1 unspecified atom stereocenters. The van der Waals surface area contributed by atoms with Crippen molar-refractivity contribution in [2.75, 3.05) is 20.3 Å². The maximum atomic E-state index is 5.26. The molecule has 0 fully saturated rings. The third-order valence-corrected chi connectivity index (χ3v) is 3.00. The highest BCUT2D eigenvalue weighted by atomic mass is 16.5. The highest BCUT2D eigenvalue weighted by Gasteiger charge is 2.10. The summed E-state index contributed by atoms with van der Waals surface area (Å²) in [6.07, 6.45) is 3.04. The lowest BCUT2D eigenvalue weighted by molar-refractivity contribution is 0.157. The van der Waals surface area contributed by atoms with Crippen LogP contribution in [0.5, 0.6) is 0 Å². The number of fused-ring (bicyclic) bond motifs is 1. The largest absolute Gasteiger partial charge is 0.383 e. The van der Waals surface area contributed by atoms with Crippen LogP contribution in [0.25, 0.3) is 10.9 Å². The van der Waals surface area contributed by atoms with Gasteiger partial charge in [0, 0.05) is 12.5 Å². The molecule has 4 heteroatoms. The Labute approximate surface area is 108 Å². The van der Waals surface area contributed by atoms with Crippen LogP contribution in [0.15, 0.2) is 30.5 Å². The summed E-state index contributed by atoms with van der Waals surface area (Å²) in [5.41, 5.74) is 1.18. The van der Waals surface area contributed by atoms with E-state index in [0.29, 0.717) is 12.6 Å².